The van der Waals surface area contributed by atoms with Crippen LogP contribution in [-0.4, -0.2) is 99.2 Å². The molecule has 3 heterocycles. The maximum atomic E-state index is 13.6. The number of carbonyl (C=O) groups is 3. The number of primary amides is 1. The molecule has 0 aromatic heterocycles. The molecule has 15 unspecified atom stereocenters. The van der Waals surface area contributed by atoms with Gasteiger partial charge in [-0.3, -0.25) is 9.59 Å². The maximum Gasteiger partial charge on any atom is 0.404 e. The van der Waals surface area contributed by atoms with E-state index in [1.54, 1.807) is 20.8 Å². The van der Waals surface area contributed by atoms with Gasteiger partial charge in [-0.15, -0.1) is 0 Å². The summed E-state index contributed by atoms with van der Waals surface area (Å²) in [4.78, 5) is 37.5. The van der Waals surface area contributed by atoms with Crippen molar-refractivity contribution in [3.8, 4) is 0 Å². The molecule has 0 spiro atoms. The number of allylic oxidation sites excluding steroid dienone is 1. The van der Waals surface area contributed by atoms with Crippen molar-refractivity contribution in [2.75, 3.05) is 0 Å². The summed E-state index contributed by atoms with van der Waals surface area (Å²) in [7, 11) is 0. The monoisotopic (exact) mass is 765 g/mol. The maximum absolute atomic E-state index is 13.6. The minimum atomic E-state index is -1.80. The highest BCUT2D eigenvalue weighted by Crippen LogP contribution is 2.36. The molecule has 0 aromatic rings. The van der Waals surface area contributed by atoms with Crippen LogP contribution in [0.4, 0.5) is 4.79 Å². The molecular formula is C41H67NO12. The van der Waals surface area contributed by atoms with Gasteiger partial charge in [-0.1, -0.05) is 65.8 Å². The van der Waals surface area contributed by atoms with Crippen LogP contribution in [0.1, 0.15) is 114 Å². The molecule has 1 saturated heterocycles. The molecule has 6 N–H and O–H groups in total. The average Bonchev–Trinajstić information content (AvgIpc) is 3.11. The first-order valence-electron chi connectivity index (χ1n) is 19.7. The van der Waals surface area contributed by atoms with Crippen LogP contribution in [0.5, 0.6) is 0 Å². The third kappa shape index (κ3) is 12.7. The fourth-order valence-electron chi connectivity index (χ4n) is 7.99. The van der Waals surface area contributed by atoms with Crippen molar-refractivity contribution in [1.29, 1.82) is 0 Å². The Kier molecular flexibility index (Phi) is 17.4. The molecule has 3 rings (SSSR count). The molecule has 0 aliphatic carbocycles. The van der Waals surface area contributed by atoms with Gasteiger partial charge in [0, 0.05) is 37.0 Å². The van der Waals surface area contributed by atoms with Crippen molar-refractivity contribution in [1.82, 2.24) is 0 Å². The summed E-state index contributed by atoms with van der Waals surface area (Å²) in [5.41, 5.74) is 7.05. The lowest BCUT2D eigenvalue weighted by atomic mass is 9.78. The molecule has 0 radical (unpaired) electrons. The van der Waals surface area contributed by atoms with E-state index >= 15 is 0 Å². The second kappa shape index (κ2) is 20.5. The molecule has 13 nitrogen and oxygen atoms in total. The number of ether oxygens (including phenoxy) is 5. The van der Waals surface area contributed by atoms with Crippen molar-refractivity contribution in [3.63, 3.8) is 0 Å². The van der Waals surface area contributed by atoms with Gasteiger partial charge < -0.3 is 49.8 Å². The SMILES string of the molecule is CCC(=O)C(C)C(O)C(C)CC(C)C1OC(=O)CC2(O)CC=C(C)C(O2)/C(C)=C/CCCC(OC2CC(OC(N)=O)C(O)C(C)O2)/C=C/C(C)C(O)C1C. The Morgan fingerprint density at radius 1 is 1.06 bits per heavy atom. The molecule has 0 aromatic carbocycles. The molecule has 1 amide bonds. The van der Waals surface area contributed by atoms with E-state index in [1.165, 1.54) is 0 Å². The Hall–Kier alpha value is -2.65. The van der Waals surface area contributed by atoms with Gasteiger partial charge in [0.05, 0.1) is 30.8 Å². The molecule has 54 heavy (non-hydrogen) atoms. The largest absolute Gasteiger partial charge is 0.462 e. The number of esters is 1. The van der Waals surface area contributed by atoms with Crippen molar-refractivity contribution in [2.24, 2.45) is 35.3 Å². The zero-order valence-corrected chi connectivity index (χ0v) is 33.7. The summed E-state index contributed by atoms with van der Waals surface area (Å²) < 4.78 is 29.8. The number of Topliss-reactive ketones (excluding diaryl/α,β-unsaturated/α-hetero) is 1. The van der Waals surface area contributed by atoms with Gasteiger partial charge in [-0.2, -0.15) is 0 Å². The first-order valence-corrected chi connectivity index (χ1v) is 19.7. The van der Waals surface area contributed by atoms with Crippen LogP contribution in [-0.2, 0) is 33.3 Å². The minimum absolute atomic E-state index is 0.0364. The van der Waals surface area contributed by atoms with Gasteiger partial charge in [0.15, 0.2) is 12.1 Å². The zero-order chi connectivity index (χ0) is 40.5. The number of aliphatic hydroxyl groups excluding tert-OH is 3. The van der Waals surface area contributed by atoms with E-state index in [9.17, 15) is 34.8 Å². The predicted molar refractivity (Wildman–Crippen MR) is 201 cm³/mol. The van der Waals surface area contributed by atoms with Crippen LogP contribution >= 0.6 is 0 Å². The lowest BCUT2D eigenvalue weighted by Gasteiger charge is -2.39. The summed E-state index contributed by atoms with van der Waals surface area (Å²) in [5, 5.41) is 44.8. The minimum Gasteiger partial charge on any atom is -0.462 e. The highest BCUT2D eigenvalue weighted by atomic mass is 16.7. The number of ketones is 1. The van der Waals surface area contributed by atoms with Gasteiger partial charge in [-0.05, 0) is 69.4 Å². The van der Waals surface area contributed by atoms with Gasteiger partial charge in [0.25, 0.3) is 0 Å². The average molecular weight is 766 g/mol. The standard InChI is InChI=1S/C41H67NO12/c1-10-31(43)27(7)36(46)25(5)19-26(6)39-28(8)35(45)22(2)15-16-30(51-34-20-32(52-40(42)48)37(47)29(9)50-34)14-12-11-13-23(3)38-24(4)17-18-41(49,54-38)21-33(44)53-39/h13,15-17,22,25-30,32,34-39,45-47,49H,10-12,14,18-21H2,1-9H3,(H2,42,48)/b16-15+,23-13+. The van der Waals surface area contributed by atoms with Gasteiger partial charge in [0.1, 0.15) is 30.2 Å². The number of fused-ring (bicyclic) bond motifs is 2. The zero-order valence-electron chi connectivity index (χ0n) is 33.7. The quantitative estimate of drug-likeness (QED) is 0.147. The molecular weight excluding hydrogens is 698 g/mol. The molecule has 3 aliphatic heterocycles. The Balaban J connectivity index is 1.94. The van der Waals surface area contributed by atoms with E-state index < -0.39 is 97.1 Å². The molecule has 308 valence electrons. The topological polar surface area (TPSA) is 204 Å². The fraction of sp³-hybridized carbons (Fsp3) is 0.780. The van der Waals surface area contributed by atoms with E-state index in [-0.39, 0.29) is 30.5 Å². The van der Waals surface area contributed by atoms with Crippen LogP contribution in [0.3, 0.4) is 0 Å². The summed E-state index contributed by atoms with van der Waals surface area (Å²) >= 11 is 0. The number of rotatable bonds is 10. The smallest absolute Gasteiger partial charge is 0.404 e. The summed E-state index contributed by atoms with van der Waals surface area (Å²) in [6.45, 7) is 16.4. The number of amides is 1. The van der Waals surface area contributed by atoms with Crippen molar-refractivity contribution < 1.29 is 58.5 Å². The second-order valence-corrected chi connectivity index (χ2v) is 16.1. The van der Waals surface area contributed by atoms with Crippen LogP contribution < -0.4 is 5.73 Å². The first-order chi connectivity index (χ1) is 25.3. The van der Waals surface area contributed by atoms with Gasteiger partial charge >= 0.3 is 12.1 Å². The van der Waals surface area contributed by atoms with Crippen LogP contribution in [0.15, 0.2) is 35.5 Å². The van der Waals surface area contributed by atoms with Gasteiger partial charge in [-0.25, -0.2) is 4.79 Å². The van der Waals surface area contributed by atoms with E-state index in [0.29, 0.717) is 32.1 Å². The molecule has 0 saturated carbocycles. The third-order valence-electron chi connectivity index (χ3n) is 11.5. The molecule has 15 atom stereocenters. The summed E-state index contributed by atoms with van der Waals surface area (Å²) in [6.07, 6.45) is 1.87. The Bertz CT molecular complexity index is 1350. The molecule has 2 bridgehead atoms. The van der Waals surface area contributed by atoms with Crippen molar-refractivity contribution >= 4 is 17.8 Å². The lowest BCUT2D eigenvalue weighted by molar-refractivity contribution is -0.254. The van der Waals surface area contributed by atoms with E-state index in [0.717, 1.165) is 11.1 Å². The van der Waals surface area contributed by atoms with E-state index in [4.69, 9.17) is 29.4 Å². The fourth-order valence-corrected chi connectivity index (χ4v) is 7.99. The Morgan fingerprint density at radius 2 is 1.72 bits per heavy atom. The van der Waals surface area contributed by atoms with Crippen molar-refractivity contribution in [3.05, 3.63) is 35.5 Å². The van der Waals surface area contributed by atoms with Crippen molar-refractivity contribution in [2.45, 2.75) is 175 Å². The highest BCUT2D eigenvalue weighted by molar-refractivity contribution is 5.80. The number of carbonyl (C=O) groups excluding carboxylic acids is 3. The van der Waals surface area contributed by atoms with Crippen LogP contribution in [0.2, 0.25) is 0 Å². The third-order valence-corrected chi connectivity index (χ3v) is 11.5. The Morgan fingerprint density at radius 3 is 2.37 bits per heavy atom. The predicted octanol–water partition coefficient (Wildman–Crippen LogP) is 5.01. The molecule has 13 heteroatoms. The number of hydrogen-bond acceptors (Lipinski definition) is 12. The summed E-state index contributed by atoms with van der Waals surface area (Å²) in [5.74, 6) is -4.73. The number of cyclic esters (lactones) is 1. The van der Waals surface area contributed by atoms with E-state index in [2.05, 4.69) is 0 Å². The van der Waals surface area contributed by atoms with Crippen LogP contribution in [0, 0.1) is 29.6 Å². The lowest BCUT2D eigenvalue weighted by Crippen LogP contribution is -2.50. The number of nitrogens with two attached hydrogens (primary N) is 1. The van der Waals surface area contributed by atoms with Crippen LogP contribution in [0.25, 0.3) is 0 Å². The normalized spacial score (nSPS) is 38.5. The highest BCUT2D eigenvalue weighted by Gasteiger charge is 2.42. The summed E-state index contributed by atoms with van der Waals surface area (Å²) in [6, 6.07) is 0. The second-order valence-electron chi connectivity index (χ2n) is 16.1. The first kappa shape index (κ1) is 45.7. The van der Waals surface area contributed by atoms with E-state index in [1.807, 2.05) is 65.8 Å². The number of aliphatic hydroxyl groups is 4. The molecule has 3 aliphatic rings. The van der Waals surface area contributed by atoms with Gasteiger partial charge in [0.2, 0.25) is 0 Å². The number of hydrogen-bond donors (Lipinski definition) is 5. The molecule has 1 fully saturated rings. The Labute approximate surface area is 321 Å².